The molecule has 0 saturated carbocycles. The molecule has 0 unspecified atom stereocenters. The maximum absolute atomic E-state index is 12.6. The van der Waals surface area contributed by atoms with Crippen molar-refractivity contribution >= 4 is 11.9 Å². The molecule has 0 bridgehead atoms. The average molecular weight is 337 g/mol. The van der Waals surface area contributed by atoms with Gasteiger partial charge in [-0.3, -0.25) is 15.0 Å². The first-order chi connectivity index (χ1) is 12.1. The van der Waals surface area contributed by atoms with E-state index in [-0.39, 0.29) is 18.0 Å². The third kappa shape index (κ3) is 3.88. The predicted molar refractivity (Wildman–Crippen MR) is 97.2 cm³/mol. The van der Waals surface area contributed by atoms with E-state index in [9.17, 15) is 9.59 Å². The Labute approximate surface area is 148 Å². The fraction of sp³-hybridized carbons (Fsp3) is 0.300. The van der Waals surface area contributed by atoms with Gasteiger partial charge in [0.05, 0.1) is 12.1 Å². The lowest BCUT2D eigenvalue weighted by molar-refractivity contribution is -0.129. The molecule has 2 N–H and O–H groups in total. The minimum atomic E-state index is -0.477. The highest BCUT2D eigenvalue weighted by Crippen LogP contribution is 2.23. The zero-order valence-corrected chi connectivity index (χ0v) is 14.5. The van der Waals surface area contributed by atoms with E-state index in [4.69, 9.17) is 0 Å². The lowest BCUT2D eigenvalue weighted by Crippen LogP contribution is -2.47. The highest BCUT2D eigenvalue weighted by molar-refractivity contribution is 5.98. The number of amides is 3. The van der Waals surface area contributed by atoms with Gasteiger partial charge in [-0.25, -0.2) is 4.79 Å². The molecule has 1 heterocycles. The molecule has 2 aromatic carbocycles. The Morgan fingerprint density at radius 1 is 1.08 bits per heavy atom. The Morgan fingerprint density at radius 3 is 2.32 bits per heavy atom. The van der Waals surface area contributed by atoms with Gasteiger partial charge >= 0.3 is 6.03 Å². The largest absolute Gasteiger partial charge is 0.336 e. The second kappa shape index (κ2) is 7.49. The van der Waals surface area contributed by atoms with Crippen LogP contribution in [0.2, 0.25) is 0 Å². The van der Waals surface area contributed by atoms with Crippen molar-refractivity contribution < 1.29 is 9.59 Å². The second-order valence-electron chi connectivity index (χ2n) is 6.36. The van der Waals surface area contributed by atoms with Crippen molar-refractivity contribution in [3.8, 4) is 0 Å². The Balaban J connectivity index is 1.83. The Hall–Kier alpha value is -2.66. The first kappa shape index (κ1) is 17.2. The van der Waals surface area contributed by atoms with Crippen molar-refractivity contribution in [1.82, 2.24) is 15.5 Å². The lowest BCUT2D eigenvalue weighted by Gasteiger charge is -2.26. The summed E-state index contributed by atoms with van der Waals surface area (Å²) in [6, 6.07) is 17.4. The van der Waals surface area contributed by atoms with E-state index in [1.807, 2.05) is 37.3 Å². The summed E-state index contributed by atoms with van der Waals surface area (Å²) in [6.07, 6.45) is 0. The van der Waals surface area contributed by atoms with Gasteiger partial charge in [0.25, 0.3) is 0 Å². The van der Waals surface area contributed by atoms with Crippen LogP contribution < -0.4 is 10.6 Å². The Kier molecular flexibility index (Phi) is 5.14. The maximum atomic E-state index is 12.6. The zero-order chi connectivity index (χ0) is 17.8. The van der Waals surface area contributed by atoms with Crippen LogP contribution in [0, 0.1) is 6.92 Å². The third-order valence-electron chi connectivity index (χ3n) is 4.45. The smallest absolute Gasteiger partial charge is 0.324 e. The van der Waals surface area contributed by atoms with Gasteiger partial charge < -0.3 is 5.32 Å². The average Bonchev–Trinajstić information content (AvgIpc) is 3.06. The van der Waals surface area contributed by atoms with Crippen molar-refractivity contribution in [2.45, 2.75) is 25.9 Å². The van der Waals surface area contributed by atoms with Gasteiger partial charge in [0, 0.05) is 13.1 Å². The summed E-state index contributed by atoms with van der Waals surface area (Å²) in [4.78, 5) is 25.6. The van der Waals surface area contributed by atoms with E-state index in [1.165, 1.54) is 10.5 Å². The number of benzene rings is 2. The molecule has 1 aliphatic heterocycles. The summed E-state index contributed by atoms with van der Waals surface area (Å²) in [5, 5.41) is 6.06. The van der Waals surface area contributed by atoms with Crippen LogP contribution in [-0.4, -0.2) is 36.0 Å². The number of hydrogen-bond acceptors (Lipinski definition) is 3. The fourth-order valence-electron chi connectivity index (χ4n) is 3.03. The highest BCUT2D eigenvalue weighted by Gasteiger charge is 2.31. The van der Waals surface area contributed by atoms with Crippen molar-refractivity contribution in [3.05, 3.63) is 71.3 Å². The molecule has 1 saturated heterocycles. The number of imide groups is 1. The summed E-state index contributed by atoms with van der Waals surface area (Å²) in [5.74, 6) is -0.206. The monoisotopic (exact) mass is 337 g/mol. The molecule has 0 radical (unpaired) electrons. The summed E-state index contributed by atoms with van der Waals surface area (Å²) < 4.78 is 0. The number of carbonyl (C=O) groups excluding carboxylic acids is 2. The number of urea groups is 1. The Bertz CT molecular complexity index is 743. The number of hydrogen-bond donors (Lipinski definition) is 2. The first-order valence-corrected chi connectivity index (χ1v) is 8.53. The number of rotatable bonds is 5. The summed E-state index contributed by atoms with van der Waals surface area (Å²) in [6.45, 7) is 4.78. The molecule has 5 heteroatoms. The molecular weight excluding hydrogens is 314 g/mol. The molecular formula is C20H23N3O2. The maximum Gasteiger partial charge on any atom is 0.324 e. The molecule has 0 aliphatic carbocycles. The number of carbonyl (C=O) groups is 2. The summed E-state index contributed by atoms with van der Waals surface area (Å²) in [7, 11) is 0. The first-order valence-electron chi connectivity index (χ1n) is 8.53. The number of nitrogens with zero attached hydrogens (tertiary/aromatic N) is 1. The van der Waals surface area contributed by atoms with Crippen LogP contribution in [0.1, 0.15) is 29.7 Å². The third-order valence-corrected chi connectivity index (χ3v) is 4.45. The highest BCUT2D eigenvalue weighted by atomic mass is 16.2. The molecule has 3 rings (SSSR count). The molecule has 1 aliphatic rings. The van der Waals surface area contributed by atoms with Crippen LogP contribution in [0.25, 0.3) is 0 Å². The molecule has 5 nitrogen and oxygen atoms in total. The molecule has 0 spiro atoms. The van der Waals surface area contributed by atoms with Crippen LogP contribution in [0.3, 0.4) is 0 Å². The summed E-state index contributed by atoms with van der Waals surface area (Å²) in [5.41, 5.74) is 3.35. The van der Waals surface area contributed by atoms with Crippen molar-refractivity contribution in [2.75, 3.05) is 13.1 Å². The number of nitrogens with one attached hydrogen (secondary N) is 2. The van der Waals surface area contributed by atoms with E-state index in [0.29, 0.717) is 13.1 Å². The van der Waals surface area contributed by atoms with Crippen LogP contribution >= 0.6 is 0 Å². The predicted octanol–water partition coefficient (Wildman–Crippen LogP) is 2.61. The van der Waals surface area contributed by atoms with Crippen molar-refractivity contribution in [3.63, 3.8) is 0 Å². The van der Waals surface area contributed by atoms with E-state index in [2.05, 4.69) is 34.9 Å². The van der Waals surface area contributed by atoms with E-state index < -0.39 is 6.04 Å². The van der Waals surface area contributed by atoms with Gasteiger partial charge in [0.15, 0.2) is 0 Å². The standard InChI is InChI=1S/C20H23N3O2/c1-14-8-10-17(11-9-14)18(16-6-4-3-5-7-16)22-15(2)19(24)23-13-12-21-20(23)25/h3-11,15,18,22H,12-13H2,1-2H3,(H,21,25)/t15-,18-/m1/s1. The van der Waals surface area contributed by atoms with E-state index >= 15 is 0 Å². The van der Waals surface area contributed by atoms with Crippen LogP contribution in [0.4, 0.5) is 4.79 Å². The Morgan fingerprint density at radius 2 is 1.72 bits per heavy atom. The van der Waals surface area contributed by atoms with Gasteiger partial charge in [0.1, 0.15) is 0 Å². The van der Waals surface area contributed by atoms with E-state index in [1.54, 1.807) is 6.92 Å². The van der Waals surface area contributed by atoms with Crippen molar-refractivity contribution in [1.29, 1.82) is 0 Å². The van der Waals surface area contributed by atoms with Gasteiger partial charge in [-0.05, 0) is 25.0 Å². The summed E-state index contributed by atoms with van der Waals surface area (Å²) >= 11 is 0. The molecule has 3 amide bonds. The molecule has 0 aromatic heterocycles. The minimum absolute atomic E-state index is 0.119. The zero-order valence-electron chi connectivity index (χ0n) is 14.5. The van der Waals surface area contributed by atoms with Gasteiger partial charge in [0.2, 0.25) is 5.91 Å². The molecule has 2 atom stereocenters. The quantitative estimate of drug-likeness (QED) is 0.882. The normalized spacial score (nSPS) is 16.4. The van der Waals surface area contributed by atoms with Crippen LogP contribution in [0.15, 0.2) is 54.6 Å². The second-order valence-corrected chi connectivity index (χ2v) is 6.36. The van der Waals surface area contributed by atoms with Gasteiger partial charge in [-0.2, -0.15) is 0 Å². The topological polar surface area (TPSA) is 61.4 Å². The van der Waals surface area contributed by atoms with Crippen LogP contribution in [-0.2, 0) is 4.79 Å². The lowest BCUT2D eigenvalue weighted by atomic mass is 9.97. The van der Waals surface area contributed by atoms with Gasteiger partial charge in [-0.1, -0.05) is 60.2 Å². The van der Waals surface area contributed by atoms with Gasteiger partial charge in [-0.15, -0.1) is 0 Å². The molecule has 25 heavy (non-hydrogen) atoms. The van der Waals surface area contributed by atoms with Crippen LogP contribution in [0.5, 0.6) is 0 Å². The molecule has 1 fully saturated rings. The molecule has 2 aromatic rings. The fourth-order valence-corrected chi connectivity index (χ4v) is 3.03. The molecule has 130 valence electrons. The van der Waals surface area contributed by atoms with Crippen molar-refractivity contribution in [2.24, 2.45) is 0 Å². The number of aryl methyl sites for hydroxylation is 1. The van der Waals surface area contributed by atoms with E-state index in [0.717, 1.165) is 11.1 Å². The minimum Gasteiger partial charge on any atom is -0.336 e. The SMILES string of the molecule is Cc1ccc([C@H](N[C@H](C)C(=O)N2CCNC2=O)c2ccccc2)cc1.